The number of benzene rings is 1. The van der Waals surface area contributed by atoms with Crippen molar-refractivity contribution in [2.75, 3.05) is 0 Å². The normalized spacial score (nSPS) is 10.7. The van der Waals surface area contributed by atoms with Crippen molar-refractivity contribution >= 4 is 21.6 Å². The minimum Gasteiger partial charge on any atom is -0.216 e. The molecule has 0 fully saturated rings. The van der Waals surface area contributed by atoms with E-state index in [1.165, 1.54) is 6.07 Å². The molecule has 0 spiro atoms. The molecule has 0 saturated carbocycles. The maximum atomic E-state index is 11.3. The second-order valence-electron chi connectivity index (χ2n) is 2.56. The van der Waals surface area contributed by atoms with Crippen molar-refractivity contribution in [2.45, 2.75) is 11.8 Å². The van der Waals surface area contributed by atoms with Gasteiger partial charge in [0.2, 0.25) is 0 Å². The number of aryl methyl sites for hydroxylation is 1. The maximum absolute atomic E-state index is 11.3. The van der Waals surface area contributed by atoms with Gasteiger partial charge in [-0.3, -0.25) is 0 Å². The van der Waals surface area contributed by atoms with Gasteiger partial charge in [0, 0.05) is 14.5 Å². The molecule has 0 N–H and O–H groups in total. The number of sulfonamides is 1. The molecule has 14 heavy (non-hydrogen) atoms. The number of rotatable bonds is 2. The van der Waals surface area contributed by atoms with Crippen LogP contribution in [0, 0.1) is 6.92 Å². The van der Waals surface area contributed by atoms with Crippen LogP contribution in [0.1, 0.15) is 5.56 Å². The van der Waals surface area contributed by atoms with Crippen molar-refractivity contribution in [3.63, 3.8) is 0 Å². The van der Waals surface area contributed by atoms with E-state index in [1.54, 1.807) is 19.1 Å². The Hall–Kier alpha value is -1.23. The van der Waals surface area contributed by atoms with E-state index >= 15 is 0 Å². The molecule has 0 aliphatic heterocycles. The highest BCUT2D eigenvalue weighted by Crippen LogP contribution is 2.21. The van der Waals surface area contributed by atoms with Gasteiger partial charge in [-0.25, -0.2) is 8.42 Å². The molecule has 1 aromatic carbocycles. The Kier molecular flexibility index (Phi) is 3.00. The molecule has 0 radical (unpaired) electrons. The molecule has 0 aliphatic rings. The first-order chi connectivity index (χ1) is 6.47. The zero-order valence-electron chi connectivity index (χ0n) is 7.18. The summed E-state index contributed by atoms with van der Waals surface area (Å²) in [6.07, 6.45) is 0. The summed E-state index contributed by atoms with van der Waals surface area (Å²) in [5, 5.41) is 0.280. The average molecular weight is 232 g/mol. The summed E-state index contributed by atoms with van der Waals surface area (Å²) in [5.41, 5.74) is 8.56. The van der Waals surface area contributed by atoms with Gasteiger partial charge in [0.15, 0.2) is 0 Å². The number of hydrogen-bond acceptors (Lipinski definition) is 2. The molecule has 74 valence electrons. The number of azide groups is 1. The Morgan fingerprint density at radius 1 is 1.50 bits per heavy atom. The highest BCUT2D eigenvalue weighted by Gasteiger charge is 2.14. The summed E-state index contributed by atoms with van der Waals surface area (Å²) in [7, 11) is -3.94. The van der Waals surface area contributed by atoms with Crippen molar-refractivity contribution in [2.24, 2.45) is 4.52 Å². The largest absolute Gasteiger partial charge is 0.264 e. The topological polar surface area (TPSA) is 82.9 Å². The van der Waals surface area contributed by atoms with Crippen molar-refractivity contribution in [3.8, 4) is 0 Å². The summed E-state index contributed by atoms with van der Waals surface area (Å²) in [4.78, 5) is 2.18. The van der Waals surface area contributed by atoms with E-state index in [1.807, 2.05) is 0 Å². The molecule has 0 unspecified atom stereocenters. The number of hydrogen-bond donors (Lipinski definition) is 0. The smallest absolute Gasteiger partial charge is 0.216 e. The molecular formula is C7H6ClN3O2S. The van der Waals surface area contributed by atoms with Gasteiger partial charge in [-0.05, 0) is 30.2 Å². The van der Waals surface area contributed by atoms with Crippen LogP contribution >= 0.6 is 11.6 Å². The molecule has 1 aromatic rings. The summed E-state index contributed by atoms with van der Waals surface area (Å²) in [5.74, 6) is 0. The summed E-state index contributed by atoms with van der Waals surface area (Å²) < 4.78 is 25.4. The van der Waals surface area contributed by atoms with E-state index in [0.717, 1.165) is 0 Å². The fourth-order valence-electron chi connectivity index (χ4n) is 0.944. The lowest BCUT2D eigenvalue weighted by molar-refractivity contribution is 0.597. The Labute approximate surface area is 86.0 Å². The number of halogens is 1. The van der Waals surface area contributed by atoms with E-state index in [0.29, 0.717) is 5.56 Å². The molecule has 0 atom stereocenters. The fourth-order valence-corrected chi connectivity index (χ4v) is 2.12. The molecule has 1 rings (SSSR count). The third kappa shape index (κ3) is 2.17. The van der Waals surface area contributed by atoms with Crippen LogP contribution in [0.2, 0.25) is 5.02 Å². The average Bonchev–Trinajstić information content (AvgIpc) is 2.09. The first-order valence-corrected chi connectivity index (χ1v) is 5.37. The van der Waals surface area contributed by atoms with Crippen LogP contribution < -0.4 is 0 Å². The highest BCUT2D eigenvalue weighted by molar-refractivity contribution is 7.90. The van der Waals surface area contributed by atoms with Gasteiger partial charge in [-0.2, -0.15) is 0 Å². The highest BCUT2D eigenvalue weighted by atomic mass is 35.5. The monoisotopic (exact) mass is 231 g/mol. The van der Waals surface area contributed by atoms with Crippen LogP contribution in [0.3, 0.4) is 0 Å². The molecular weight excluding hydrogens is 226 g/mol. The van der Waals surface area contributed by atoms with Crippen LogP contribution in [-0.2, 0) is 10.0 Å². The van der Waals surface area contributed by atoms with Crippen LogP contribution in [0.15, 0.2) is 27.6 Å². The standard InChI is InChI=1S/C7H6ClN3O2S/c1-5-2-3-6(8)4-7(5)14(12,13)11-10-9/h2-4H,1H3. The minimum absolute atomic E-state index is 0.0669. The van der Waals surface area contributed by atoms with E-state index < -0.39 is 10.0 Å². The molecule has 0 amide bonds. The van der Waals surface area contributed by atoms with Crippen molar-refractivity contribution in [1.82, 2.24) is 0 Å². The lowest BCUT2D eigenvalue weighted by Crippen LogP contribution is -1.98. The zero-order valence-corrected chi connectivity index (χ0v) is 8.75. The lowest BCUT2D eigenvalue weighted by atomic mass is 10.2. The summed E-state index contributed by atoms with van der Waals surface area (Å²) in [6.45, 7) is 1.59. The van der Waals surface area contributed by atoms with Crippen molar-refractivity contribution in [3.05, 3.63) is 39.2 Å². The second kappa shape index (κ2) is 3.88. The first kappa shape index (κ1) is 10.8. The van der Waals surface area contributed by atoms with E-state index in [-0.39, 0.29) is 9.92 Å². The van der Waals surface area contributed by atoms with Crippen LogP contribution in [0.4, 0.5) is 0 Å². The Morgan fingerprint density at radius 3 is 2.71 bits per heavy atom. The molecule has 0 saturated heterocycles. The summed E-state index contributed by atoms with van der Waals surface area (Å²) in [6, 6.07) is 4.36. The lowest BCUT2D eigenvalue weighted by Gasteiger charge is -2.02. The Bertz CT molecular complexity index is 506. The fraction of sp³-hybridized carbons (Fsp3) is 0.143. The first-order valence-electron chi connectivity index (χ1n) is 3.55. The molecule has 0 aromatic heterocycles. The molecule has 0 heterocycles. The van der Waals surface area contributed by atoms with Crippen LogP contribution in [0.25, 0.3) is 10.4 Å². The quantitative estimate of drug-likeness (QED) is 0.445. The van der Waals surface area contributed by atoms with E-state index in [2.05, 4.69) is 9.43 Å². The maximum Gasteiger partial charge on any atom is 0.264 e. The molecule has 5 nitrogen and oxygen atoms in total. The Morgan fingerprint density at radius 2 is 2.14 bits per heavy atom. The van der Waals surface area contributed by atoms with E-state index in [4.69, 9.17) is 17.1 Å². The third-order valence-electron chi connectivity index (χ3n) is 1.57. The van der Waals surface area contributed by atoms with Gasteiger partial charge in [0.05, 0.1) is 4.90 Å². The van der Waals surface area contributed by atoms with Gasteiger partial charge >= 0.3 is 0 Å². The third-order valence-corrected chi connectivity index (χ3v) is 3.09. The minimum atomic E-state index is -3.94. The molecule has 0 bridgehead atoms. The van der Waals surface area contributed by atoms with Gasteiger partial charge in [-0.1, -0.05) is 17.7 Å². The second-order valence-corrected chi connectivity index (χ2v) is 4.55. The number of nitrogens with zero attached hydrogens (tertiary/aromatic N) is 3. The predicted octanol–water partition coefficient (Wildman–Crippen LogP) is 2.65. The predicted molar refractivity (Wildman–Crippen MR) is 52.5 cm³/mol. The van der Waals surface area contributed by atoms with Crippen molar-refractivity contribution in [1.29, 1.82) is 0 Å². The van der Waals surface area contributed by atoms with Gasteiger partial charge in [0.25, 0.3) is 10.0 Å². The van der Waals surface area contributed by atoms with Crippen LogP contribution in [0.5, 0.6) is 0 Å². The van der Waals surface area contributed by atoms with Crippen molar-refractivity contribution < 1.29 is 8.42 Å². The molecule has 7 heteroatoms. The Balaban J connectivity index is 3.46. The zero-order chi connectivity index (χ0) is 10.8. The van der Waals surface area contributed by atoms with Gasteiger partial charge < -0.3 is 0 Å². The van der Waals surface area contributed by atoms with Gasteiger partial charge in [-0.15, -0.1) is 0 Å². The van der Waals surface area contributed by atoms with Gasteiger partial charge in [0.1, 0.15) is 0 Å². The summed E-state index contributed by atoms with van der Waals surface area (Å²) >= 11 is 5.62. The SMILES string of the molecule is Cc1ccc(Cl)cc1S(=O)(=O)N=[N+]=[N-]. The van der Waals surface area contributed by atoms with Crippen LogP contribution in [-0.4, -0.2) is 8.42 Å². The molecule has 0 aliphatic carbocycles. The van der Waals surface area contributed by atoms with E-state index in [9.17, 15) is 8.42 Å².